The van der Waals surface area contributed by atoms with Crippen LogP contribution in [-0.2, 0) is 0 Å². The van der Waals surface area contributed by atoms with Gasteiger partial charge in [-0.2, -0.15) is 0 Å². The van der Waals surface area contributed by atoms with Gasteiger partial charge in [0.1, 0.15) is 17.4 Å². The molecule has 6 heteroatoms. The van der Waals surface area contributed by atoms with E-state index in [-0.39, 0.29) is 16.4 Å². The number of halogens is 2. The molecule has 0 aromatic heterocycles. The molecular weight excluding hydrogens is 261 g/mol. The van der Waals surface area contributed by atoms with Crippen LogP contribution >= 0.6 is 8.38 Å². The summed E-state index contributed by atoms with van der Waals surface area (Å²) in [6.45, 7) is 0. The first-order valence-corrected chi connectivity index (χ1v) is 6.20. The first kappa shape index (κ1) is 12.9. The SMILES string of the molecule is Oc1cc(-c2c(F)cccc2F)ccc1P(O)O. The highest BCUT2D eigenvalue weighted by molar-refractivity contribution is 7.54. The minimum Gasteiger partial charge on any atom is -0.507 e. The molecule has 94 valence electrons. The third kappa shape index (κ3) is 2.34. The van der Waals surface area contributed by atoms with Crippen LogP contribution in [0.5, 0.6) is 5.75 Å². The van der Waals surface area contributed by atoms with Crippen molar-refractivity contribution >= 4 is 13.7 Å². The van der Waals surface area contributed by atoms with E-state index in [0.717, 1.165) is 18.2 Å². The lowest BCUT2D eigenvalue weighted by Gasteiger charge is -2.09. The Kier molecular flexibility index (Phi) is 3.57. The van der Waals surface area contributed by atoms with Crippen molar-refractivity contribution in [2.45, 2.75) is 0 Å². The van der Waals surface area contributed by atoms with E-state index in [1.54, 1.807) is 0 Å². The average molecular weight is 270 g/mol. The summed E-state index contributed by atoms with van der Waals surface area (Å²) < 4.78 is 27.0. The average Bonchev–Trinajstić information content (AvgIpc) is 2.28. The molecule has 0 amide bonds. The molecule has 3 N–H and O–H groups in total. The highest BCUT2D eigenvalue weighted by Gasteiger charge is 2.15. The predicted octanol–water partition coefficient (Wildman–Crippen LogP) is 2.26. The van der Waals surface area contributed by atoms with Crippen LogP contribution < -0.4 is 5.30 Å². The van der Waals surface area contributed by atoms with Gasteiger partial charge in [0, 0.05) is 0 Å². The number of hydrogen-bond acceptors (Lipinski definition) is 3. The lowest BCUT2D eigenvalue weighted by Crippen LogP contribution is -2.01. The summed E-state index contributed by atoms with van der Waals surface area (Å²) in [4.78, 5) is 18.0. The highest BCUT2D eigenvalue weighted by Crippen LogP contribution is 2.32. The van der Waals surface area contributed by atoms with E-state index >= 15 is 0 Å². The molecule has 0 radical (unpaired) electrons. The molecule has 0 atom stereocenters. The molecule has 2 rings (SSSR count). The minimum absolute atomic E-state index is 0.0644. The molecule has 0 fully saturated rings. The van der Waals surface area contributed by atoms with Crippen LogP contribution in [0.1, 0.15) is 0 Å². The van der Waals surface area contributed by atoms with E-state index in [0.29, 0.717) is 0 Å². The fourth-order valence-corrected chi connectivity index (χ4v) is 2.10. The second-order valence-electron chi connectivity index (χ2n) is 3.59. The fraction of sp³-hybridized carbons (Fsp3) is 0. The summed E-state index contributed by atoms with van der Waals surface area (Å²) in [6.07, 6.45) is 0. The third-order valence-corrected chi connectivity index (χ3v) is 3.25. The molecule has 0 saturated heterocycles. The van der Waals surface area contributed by atoms with Crippen LogP contribution in [0.25, 0.3) is 11.1 Å². The molecule has 0 aliphatic heterocycles. The number of aromatic hydroxyl groups is 1. The summed E-state index contributed by atoms with van der Waals surface area (Å²) >= 11 is 0. The molecule has 0 heterocycles. The van der Waals surface area contributed by atoms with Gasteiger partial charge < -0.3 is 14.9 Å². The second-order valence-corrected chi connectivity index (χ2v) is 4.65. The summed E-state index contributed by atoms with van der Waals surface area (Å²) in [6, 6.07) is 7.09. The third-order valence-electron chi connectivity index (χ3n) is 2.44. The summed E-state index contributed by atoms with van der Waals surface area (Å²) in [5.41, 5.74) is -0.136. The van der Waals surface area contributed by atoms with Gasteiger partial charge in [-0.15, -0.1) is 0 Å². The Morgan fingerprint density at radius 2 is 1.56 bits per heavy atom. The van der Waals surface area contributed by atoms with E-state index < -0.39 is 25.8 Å². The topological polar surface area (TPSA) is 60.7 Å². The highest BCUT2D eigenvalue weighted by atomic mass is 31.2. The van der Waals surface area contributed by atoms with Gasteiger partial charge in [0.15, 0.2) is 0 Å². The van der Waals surface area contributed by atoms with Crippen LogP contribution in [-0.4, -0.2) is 14.9 Å². The molecule has 3 nitrogen and oxygen atoms in total. The van der Waals surface area contributed by atoms with Crippen LogP contribution in [0.3, 0.4) is 0 Å². The summed E-state index contributed by atoms with van der Waals surface area (Å²) in [5.74, 6) is -1.92. The Balaban J connectivity index is 2.56. The van der Waals surface area contributed by atoms with Gasteiger partial charge in [0.25, 0.3) is 0 Å². The number of phenols is 1. The van der Waals surface area contributed by atoms with Crippen LogP contribution in [0, 0.1) is 11.6 Å². The van der Waals surface area contributed by atoms with Crippen molar-refractivity contribution in [2.24, 2.45) is 0 Å². The molecule has 2 aromatic rings. The molecule has 0 bridgehead atoms. The zero-order valence-electron chi connectivity index (χ0n) is 9.01. The van der Waals surface area contributed by atoms with Gasteiger partial charge in [-0.3, -0.25) is 0 Å². The van der Waals surface area contributed by atoms with Crippen molar-refractivity contribution in [3.05, 3.63) is 48.0 Å². The molecule has 18 heavy (non-hydrogen) atoms. The Morgan fingerprint density at radius 1 is 0.944 bits per heavy atom. The van der Waals surface area contributed by atoms with Gasteiger partial charge >= 0.3 is 0 Å². The van der Waals surface area contributed by atoms with Crippen molar-refractivity contribution in [1.29, 1.82) is 0 Å². The van der Waals surface area contributed by atoms with E-state index in [9.17, 15) is 13.9 Å². The van der Waals surface area contributed by atoms with Crippen molar-refractivity contribution in [1.82, 2.24) is 0 Å². The van der Waals surface area contributed by atoms with Gasteiger partial charge in [-0.05, 0) is 29.8 Å². The Bertz CT molecular complexity index is 567. The maximum atomic E-state index is 13.5. The van der Waals surface area contributed by atoms with Crippen molar-refractivity contribution in [2.75, 3.05) is 0 Å². The van der Waals surface area contributed by atoms with Gasteiger partial charge in [0.05, 0.1) is 10.9 Å². The molecule has 0 aliphatic carbocycles. The fourth-order valence-electron chi connectivity index (χ4n) is 1.62. The molecule has 2 aromatic carbocycles. The lowest BCUT2D eigenvalue weighted by molar-refractivity contribution is 0.470. The normalized spacial score (nSPS) is 10.9. The Labute approximate surface area is 103 Å². The molecule has 0 aliphatic rings. The maximum absolute atomic E-state index is 13.5. The van der Waals surface area contributed by atoms with Crippen LogP contribution in [0.2, 0.25) is 0 Å². The Morgan fingerprint density at radius 3 is 2.06 bits per heavy atom. The van der Waals surface area contributed by atoms with Gasteiger partial charge in [0.2, 0.25) is 8.38 Å². The number of rotatable bonds is 2. The monoisotopic (exact) mass is 270 g/mol. The first-order chi connectivity index (χ1) is 8.50. The van der Waals surface area contributed by atoms with Crippen molar-refractivity contribution in [3.63, 3.8) is 0 Å². The second kappa shape index (κ2) is 4.98. The zero-order valence-corrected chi connectivity index (χ0v) is 9.90. The quantitative estimate of drug-likeness (QED) is 0.733. The largest absolute Gasteiger partial charge is 0.507 e. The molecular formula is C12H9F2O3P. The number of hydrogen-bond donors (Lipinski definition) is 3. The minimum atomic E-state index is -2.45. The first-order valence-electron chi connectivity index (χ1n) is 4.96. The van der Waals surface area contributed by atoms with E-state index in [1.807, 2.05) is 0 Å². The molecule has 0 unspecified atom stereocenters. The van der Waals surface area contributed by atoms with Crippen LogP contribution in [0.15, 0.2) is 36.4 Å². The van der Waals surface area contributed by atoms with Crippen molar-refractivity contribution < 1.29 is 23.7 Å². The maximum Gasteiger partial charge on any atom is 0.203 e. The Hall–Kier alpha value is -1.55. The molecule has 0 saturated carbocycles. The zero-order chi connectivity index (χ0) is 13.3. The smallest absolute Gasteiger partial charge is 0.203 e. The van der Waals surface area contributed by atoms with E-state index in [1.165, 1.54) is 18.2 Å². The van der Waals surface area contributed by atoms with Gasteiger partial charge in [-0.1, -0.05) is 12.1 Å². The predicted molar refractivity (Wildman–Crippen MR) is 64.5 cm³/mol. The molecule has 0 spiro atoms. The van der Waals surface area contributed by atoms with Gasteiger partial charge in [-0.25, -0.2) is 8.78 Å². The van der Waals surface area contributed by atoms with E-state index in [4.69, 9.17) is 9.79 Å². The lowest BCUT2D eigenvalue weighted by atomic mass is 10.0. The number of benzene rings is 2. The van der Waals surface area contributed by atoms with Crippen LogP contribution in [0.4, 0.5) is 8.78 Å². The van der Waals surface area contributed by atoms with E-state index in [2.05, 4.69) is 0 Å². The summed E-state index contributed by atoms with van der Waals surface area (Å²) in [5, 5.41) is 9.49. The number of phenolic OH excluding ortho intramolecular Hbond substituents is 1. The summed E-state index contributed by atoms with van der Waals surface area (Å²) in [7, 11) is -2.45. The van der Waals surface area contributed by atoms with Crippen molar-refractivity contribution in [3.8, 4) is 16.9 Å². The standard InChI is InChI=1S/C12H9F2O3P/c13-8-2-1-3-9(14)12(8)7-4-5-11(18(16)17)10(15)6-7/h1-6,15-17H.